The van der Waals surface area contributed by atoms with E-state index >= 15 is 0 Å². The number of allylic oxidation sites excluding steroid dienone is 24. The van der Waals surface area contributed by atoms with Crippen molar-refractivity contribution in [3.05, 3.63) is 146 Å². The van der Waals surface area contributed by atoms with Crippen LogP contribution in [-0.4, -0.2) is 95.9 Å². The summed E-state index contributed by atoms with van der Waals surface area (Å²) >= 11 is 0. The maximum atomic E-state index is 13.0. The highest BCUT2D eigenvalue weighted by molar-refractivity contribution is 7.47. The molecule has 16 nitrogen and oxygen atoms in total. The van der Waals surface area contributed by atoms with Gasteiger partial charge < -0.3 is 34.2 Å². The zero-order valence-corrected chi connectivity index (χ0v) is 62.0. The van der Waals surface area contributed by atoms with Crippen LogP contribution in [0, 0.1) is 0 Å². The molecule has 0 amide bonds. The molecule has 0 aromatic carbocycles. The van der Waals surface area contributed by atoms with Gasteiger partial charge in [0.05, 0.1) is 26.4 Å². The van der Waals surface area contributed by atoms with E-state index in [-0.39, 0.29) is 19.3 Å². The van der Waals surface area contributed by atoms with Crippen molar-refractivity contribution in [1.82, 2.24) is 0 Å². The number of hydrogen-bond donors (Lipinski definition) is 4. The molecule has 0 heterocycles. The fraction of sp³-hybridized carbons (Fsp3) is 0.658. The molecular formula is C79H132O16P2. The molecule has 97 heavy (non-hydrogen) atoms. The predicted octanol–water partition coefficient (Wildman–Crippen LogP) is 21.3. The SMILES string of the molecule is CC/C=C\C/C=C\C/C=C\C/C=C\C/C=C\CCCCCCCC(=O)OCC(COP(=O)(O)OCC(O)COP(=O)(O)OCC(O)COC(=O)CCCCCCCCC/C=C\C/C=C\C/C=C\C/C=C\CCCCC)OC(=O)CCCCCCCCC/C=C\C/C=C\C/C=C\CC. The lowest BCUT2D eigenvalue weighted by Gasteiger charge is -2.21. The van der Waals surface area contributed by atoms with E-state index in [1.54, 1.807) is 0 Å². The Morgan fingerprint density at radius 1 is 0.299 bits per heavy atom. The van der Waals surface area contributed by atoms with Crippen LogP contribution in [0.1, 0.15) is 278 Å². The number of aliphatic hydroxyl groups excluding tert-OH is 2. The van der Waals surface area contributed by atoms with Gasteiger partial charge in [0.15, 0.2) is 6.10 Å². The first kappa shape index (κ1) is 92.4. The highest BCUT2D eigenvalue weighted by atomic mass is 31.2. The fourth-order valence-electron chi connectivity index (χ4n) is 9.42. The molecule has 0 aliphatic carbocycles. The summed E-state index contributed by atoms with van der Waals surface area (Å²) in [5.41, 5.74) is 0. The molecule has 0 saturated carbocycles. The van der Waals surface area contributed by atoms with Crippen LogP contribution in [-0.2, 0) is 55.8 Å². The molecule has 554 valence electrons. The topological polar surface area (TPSA) is 231 Å². The highest BCUT2D eigenvalue weighted by Crippen LogP contribution is 2.45. The second kappa shape index (κ2) is 71.3. The largest absolute Gasteiger partial charge is 0.472 e. The zero-order valence-electron chi connectivity index (χ0n) is 60.2. The van der Waals surface area contributed by atoms with Gasteiger partial charge in [0.2, 0.25) is 0 Å². The van der Waals surface area contributed by atoms with E-state index in [2.05, 4.69) is 167 Å². The summed E-state index contributed by atoms with van der Waals surface area (Å²) < 4.78 is 61.0. The van der Waals surface area contributed by atoms with Gasteiger partial charge in [-0.05, 0) is 141 Å². The number of esters is 3. The quantitative estimate of drug-likeness (QED) is 0.0146. The second-order valence-electron chi connectivity index (χ2n) is 24.3. The lowest BCUT2D eigenvalue weighted by molar-refractivity contribution is -0.161. The summed E-state index contributed by atoms with van der Waals surface area (Å²) in [4.78, 5) is 58.6. The Bertz CT molecular complexity index is 2350. The minimum Gasteiger partial charge on any atom is -0.463 e. The highest BCUT2D eigenvalue weighted by Gasteiger charge is 2.29. The van der Waals surface area contributed by atoms with E-state index in [1.807, 2.05) is 0 Å². The molecule has 0 aliphatic rings. The summed E-state index contributed by atoms with van der Waals surface area (Å²) in [6.07, 6.45) is 85.9. The Balaban J connectivity index is 4.70. The van der Waals surface area contributed by atoms with Gasteiger partial charge in [-0.25, -0.2) is 9.13 Å². The number of carbonyl (C=O) groups is 3. The molecule has 0 spiro atoms. The number of unbranched alkanes of at least 4 members (excludes halogenated alkanes) is 22. The Kier molecular flexibility index (Phi) is 67.9. The molecule has 0 fully saturated rings. The van der Waals surface area contributed by atoms with Gasteiger partial charge in [-0.3, -0.25) is 32.5 Å². The standard InChI is InChI=1S/C79H132O16P2/c1-4-7-10-13-16-19-22-25-28-31-33-35-36-38-40-42-44-47-50-53-56-59-62-65-77(82)89-68-74(80)69-91-96(85,86)92-70-75(81)71-93-97(87,88)94-73-76(95-79(84)67-64-61-58-55-52-49-46-41-30-27-24-21-18-15-12-9-6-3)72-90-78(83)66-63-60-57-54-51-48-45-43-39-37-34-32-29-26-23-20-17-14-11-8-5-2/h8-9,11-12,16-21,25-30,33-35,37-38,40,43,45,74-76,80-81H,4-7,10,13-15,22-24,31-32,36,39,41-42,44,46-73H2,1-3H3,(H,85,86)(H,87,88)/b11-8-,12-9-,19-16-,20-17-,21-18-,28-25-,29-26-,30-27-,35-33-,37-34-,40-38-,45-43-. The molecule has 5 unspecified atom stereocenters. The lowest BCUT2D eigenvalue weighted by Crippen LogP contribution is -2.30. The van der Waals surface area contributed by atoms with E-state index < -0.39 is 91.5 Å². The normalized spacial score (nSPS) is 14.9. The average Bonchev–Trinajstić information content (AvgIpc) is 1.65. The van der Waals surface area contributed by atoms with E-state index in [4.69, 9.17) is 32.3 Å². The molecule has 0 aliphatic heterocycles. The molecule has 0 radical (unpaired) electrons. The van der Waals surface area contributed by atoms with Gasteiger partial charge >= 0.3 is 33.6 Å². The van der Waals surface area contributed by atoms with Gasteiger partial charge in [-0.2, -0.15) is 0 Å². The van der Waals surface area contributed by atoms with Crippen molar-refractivity contribution in [3.63, 3.8) is 0 Å². The van der Waals surface area contributed by atoms with E-state index in [9.17, 15) is 43.5 Å². The summed E-state index contributed by atoms with van der Waals surface area (Å²) in [6, 6.07) is 0. The zero-order chi connectivity index (χ0) is 70.9. The summed E-state index contributed by atoms with van der Waals surface area (Å²) in [6.45, 7) is 2.37. The van der Waals surface area contributed by atoms with Crippen molar-refractivity contribution in [2.24, 2.45) is 0 Å². The van der Waals surface area contributed by atoms with Crippen molar-refractivity contribution >= 4 is 33.6 Å². The number of ether oxygens (including phenoxy) is 3. The van der Waals surface area contributed by atoms with Crippen molar-refractivity contribution in [2.45, 2.75) is 296 Å². The third-order valence-electron chi connectivity index (χ3n) is 15.0. The average molecular weight is 1400 g/mol. The number of rotatable bonds is 69. The van der Waals surface area contributed by atoms with Crippen molar-refractivity contribution in [2.75, 3.05) is 39.6 Å². The Morgan fingerprint density at radius 3 is 0.866 bits per heavy atom. The van der Waals surface area contributed by atoms with Gasteiger partial charge in [0.1, 0.15) is 25.4 Å². The predicted molar refractivity (Wildman–Crippen MR) is 399 cm³/mol. The third kappa shape index (κ3) is 72.5. The van der Waals surface area contributed by atoms with Gasteiger partial charge in [0, 0.05) is 19.3 Å². The van der Waals surface area contributed by atoms with Crippen LogP contribution in [0.2, 0.25) is 0 Å². The molecule has 5 atom stereocenters. The molecule has 4 N–H and O–H groups in total. The molecule has 0 saturated heterocycles. The van der Waals surface area contributed by atoms with Crippen LogP contribution >= 0.6 is 15.6 Å². The van der Waals surface area contributed by atoms with Crippen LogP contribution in [0.5, 0.6) is 0 Å². The van der Waals surface area contributed by atoms with Gasteiger partial charge in [-0.15, -0.1) is 0 Å². The minimum absolute atomic E-state index is 0.0835. The third-order valence-corrected chi connectivity index (χ3v) is 16.9. The summed E-state index contributed by atoms with van der Waals surface area (Å²) in [7, 11) is -9.81. The van der Waals surface area contributed by atoms with E-state index in [0.29, 0.717) is 19.3 Å². The van der Waals surface area contributed by atoms with E-state index in [1.165, 1.54) is 25.7 Å². The fourth-order valence-corrected chi connectivity index (χ4v) is 11.0. The van der Waals surface area contributed by atoms with E-state index in [0.717, 1.165) is 193 Å². The Labute approximate surface area is 587 Å². The van der Waals surface area contributed by atoms with Crippen molar-refractivity contribution < 1.29 is 75.8 Å². The van der Waals surface area contributed by atoms with Crippen LogP contribution in [0.3, 0.4) is 0 Å². The summed E-state index contributed by atoms with van der Waals surface area (Å²) in [5.74, 6) is -1.62. The van der Waals surface area contributed by atoms with Crippen LogP contribution < -0.4 is 0 Å². The molecule has 0 aromatic rings. The van der Waals surface area contributed by atoms with Crippen molar-refractivity contribution in [1.29, 1.82) is 0 Å². The molecular weight excluding hydrogens is 1270 g/mol. The first-order chi connectivity index (χ1) is 47.2. The first-order valence-corrected chi connectivity index (χ1v) is 40.1. The smallest absolute Gasteiger partial charge is 0.463 e. The van der Waals surface area contributed by atoms with Crippen LogP contribution in [0.4, 0.5) is 0 Å². The lowest BCUT2D eigenvalue weighted by atomic mass is 10.1. The number of phosphoric acid groups is 2. The van der Waals surface area contributed by atoms with Crippen LogP contribution in [0.15, 0.2) is 146 Å². The molecule has 0 aromatic heterocycles. The van der Waals surface area contributed by atoms with Gasteiger partial charge in [0.25, 0.3) is 0 Å². The maximum Gasteiger partial charge on any atom is 0.472 e. The van der Waals surface area contributed by atoms with Crippen molar-refractivity contribution in [3.8, 4) is 0 Å². The number of carbonyl (C=O) groups excluding carboxylic acids is 3. The van der Waals surface area contributed by atoms with Gasteiger partial charge in [-0.1, -0.05) is 263 Å². The molecule has 0 bridgehead atoms. The first-order valence-electron chi connectivity index (χ1n) is 37.1. The maximum absolute atomic E-state index is 13.0. The van der Waals surface area contributed by atoms with Crippen LogP contribution in [0.25, 0.3) is 0 Å². The number of phosphoric ester groups is 2. The summed E-state index contributed by atoms with van der Waals surface area (Å²) in [5, 5.41) is 20.6. The Morgan fingerprint density at radius 2 is 0.546 bits per heavy atom. The molecule has 0 rings (SSSR count). The monoisotopic (exact) mass is 1400 g/mol. The minimum atomic E-state index is -4.94. The Hall–Kier alpha value is -4.57. The number of aliphatic hydroxyl groups is 2. The number of hydrogen-bond acceptors (Lipinski definition) is 14. The second-order valence-corrected chi connectivity index (χ2v) is 27.2. The molecule has 18 heteroatoms.